The van der Waals surface area contributed by atoms with Crippen LogP contribution in [0.15, 0.2) is 51.8 Å². The highest BCUT2D eigenvalue weighted by molar-refractivity contribution is 6.06. The molecule has 0 radical (unpaired) electrons. The first-order valence-corrected chi connectivity index (χ1v) is 5.89. The summed E-state index contributed by atoms with van der Waals surface area (Å²) >= 11 is 0. The third-order valence-electron chi connectivity index (χ3n) is 2.70. The Bertz CT molecular complexity index is 781. The van der Waals surface area contributed by atoms with Crippen LogP contribution < -0.4 is 5.32 Å². The Labute approximate surface area is 117 Å². The number of nitrogens with zero attached hydrogens (tertiary/aromatic N) is 1. The van der Waals surface area contributed by atoms with Gasteiger partial charge in [0.15, 0.2) is 17.8 Å². The molecule has 0 spiro atoms. The summed E-state index contributed by atoms with van der Waals surface area (Å²) in [6, 6.07) is 5.95. The quantitative estimate of drug-likeness (QED) is 0.802. The van der Waals surface area contributed by atoms with E-state index >= 15 is 0 Å². The Hall–Kier alpha value is -2.96. The molecule has 0 saturated heterocycles. The van der Waals surface area contributed by atoms with Crippen molar-refractivity contribution < 1.29 is 22.4 Å². The molecule has 0 atom stereocenters. The third kappa shape index (κ3) is 2.53. The summed E-state index contributed by atoms with van der Waals surface area (Å²) in [5, 5.41) is 2.24. The number of halogens is 2. The van der Waals surface area contributed by atoms with E-state index in [4.69, 9.17) is 8.83 Å². The first-order chi connectivity index (χ1) is 10.1. The van der Waals surface area contributed by atoms with E-state index in [-0.39, 0.29) is 17.1 Å². The Morgan fingerprint density at radius 1 is 1.19 bits per heavy atom. The summed E-state index contributed by atoms with van der Waals surface area (Å²) in [7, 11) is 0. The molecule has 0 fully saturated rings. The third-order valence-corrected chi connectivity index (χ3v) is 2.70. The van der Waals surface area contributed by atoms with Crippen molar-refractivity contribution in [3.8, 4) is 11.5 Å². The smallest absolute Gasteiger partial charge is 0.278 e. The molecule has 5 nitrogen and oxygen atoms in total. The predicted molar refractivity (Wildman–Crippen MR) is 68.5 cm³/mol. The zero-order chi connectivity index (χ0) is 14.8. The Morgan fingerprint density at radius 3 is 2.81 bits per heavy atom. The van der Waals surface area contributed by atoms with Crippen LogP contribution in [0.4, 0.5) is 14.5 Å². The minimum absolute atomic E-state index is 0.0892. The van der Waals surface area contributed by atoms with Crippen LogP contribution in [-0.4, -0.2) is 10.9 Å². The molecule has 0 aliphatic carbocycles. The summed E-state index contributed by atoms with van der Waals surface area (Å²) in [5.74, 6) is -1.75. The Morgan fingerprint density at radius 2 is 2.05 bits per heavy atom. The largest absolute Gasteiger partial charge is 0.461 e. The van der Waals surface area contributed by atoms with Gasteiger partial charge in [-0.15, -0.1) is 0 Å². The molecular formula is C14H8F2N2O3. The summed E-state index contributed by atoms with van der Waals surface area (Å²) < 4.78 is 36.8. The molecule has 21 heavy (non-hydrogen) atoms. The van der Waals surface area contributed by atoms with Gasteiger partial charge >= 0.3 is 0 Å². The fourth-order valence-corrected chi connectivity index (χ4v) is 1.77. The van der Waals surface area contributed by atoms with Gasteiger partial charge in [-0.05, 0) is 24.3 Å². The molecule has 0 unspecified atom stereocenters. The van der Waals surface area contributed by atoms with Gasteiger partial charge in [0.1, 0.15) is 11.6 Å². The van der Waals surface area contributed by atoms with E-state index in [1.807, 2.05) is 0 Å². The number of amides is 1. The van der Waals surface area contributed by atoms with E-state index in [1.165, 1.54) is 6.26 Å². The van der Waals surface area contributed by atoms with Gasteiger partial charge < -0.3 is 14.2 Å². The average Bonchev–Trinajstić information content (AvgIpc) is 3.12. The lowest BCUT2D eigenvalue weighted by atomic mass is 10.2. The number of anilines is 1. The van der Waals surface area contributed by atoms with Crippen LogP contribution >= 0.6 is 0 Å². The van der Waals surface area contributed by atoms with E-state index < -0.39 is 17.5 Å². The van der Waals surface area contributed by atoms with Gasteiger partial charge in [-0.1, -0.05) is 0 Å². The maximum Gasteiger partial charge on any atom is 0.278 e. The average molecular weight is 290 g/mol. The van der Waals surface area contributed by atoms with Gasteiger partial charge in [0.25, 0.3) is 5.91 Å². The van der Waals surface area contributed by atoms with Gasteiger partial charge in [-0.2, -0.15) is 0 Å². The molecule has 0 aliphatic heterocycles. The number of rotatable bonds is 3. The molecule has 0 saturated carbocycles. The Balaban J connectivity index is 1.90. The van der Waals surface area contributed by atoms with Crippen LogP contribution in [-0.2, 0) is 0 Å². The summed E-state index contributed by atoms with van der Waals surface area (Å²) in [5.41, 5.74) is -0.373. The molecule has 1 aromatic carbocycles. The van der Waals surface area contributed by atoms with E-state index in [2.05, 4.69) is 10.3 Å². The van der Waals surface area contributed by atoms with Gasteiger partial charge in [-0.3, -0.25) is 4.79 Å². The zero-order valence-electron chi connectivity index (χ0n) is 10.5. The molecule has 1 N–H and O–H groups in total. The summed E-state index contributed by atoms with van der Waals surface area (Å²) in [6.07, 6.45) is 2.47. The second-order valence-electron chi connectivity index (χ2n) is 4.09. The van der Waals surface area contributed by atoms with Gasteiger partial charge in [-0.25, -0.2) is 13.8 Å². The molecule has 3 rings (SSSR count). The van der Waals surface area contributed by atoms with E-state index in [0.29, 0.717) is 5.76 Å². The maximum atomic E-state index is 13.5. The minimum Gasteiger partial charge on any atom is -0.461 e. The van der Waals surface area contributed by atoms with Gasteiger partial charge in [0.05, 0.1) is 12.0 Å². The standard InChI is InChI=1S/C14H8F2N2O3/c15-8-3-4-9(16)10(6-8)18-14(19)12-13(21-7-17-12)11-2-1-5-20-11/h1-7H,(H,18,19). The van der Waals surface area contributed by atoms with Crippen molar-refractivity contribution in [2.75, 3.05) is 5.32 Å². The molecule has 0 bridgehead atoms. The maximum absolute atomic E-state index is 13.5. The lowest BCUT2D eigenvalue weighted by molar-refractivity contribution is 0.102. The van der Waals surface area contributed by atoms with Crippen LogP contribution in [0.3, 0.4) is 0 Å². The number of furan rings is 1. The molecule has 2 aromatic heterocycles. The number of nitrogens with one attached hydrogen (secondary N) is 1. The van der Waals surface area contributed by atoms with E-state index in [0.717, 1.165) is 24.6 Å². The molecule has 106 valence electrons. The van der Waals surface area contributed by atoms with Crippen LogP contribution in [0.5, 0.6) is 0 Å². The normalized spacial score (nSPS) is 10.6. The van der Waals surface area contributed by atoms with Gasteiger partial charge in [0.2, 0.25) is 5.76 Å². The fraction of sp³-hybridized carbons (Fsp3) is 0. The van der Waals surface area contributed by atoms with Crippen molar-refractivity contribution >= 4 is 11.6 Å². The van der Waals surface area contributed by atoms with Crippen LogP contribution in [0, 0.1) is 11.6 Å². The number of oxazole rings is 1. The van der Waals surface area contributed by atoms with Crippen molar-refractivity contribution in [1.82, 2.24) is 4.98 Å². The fourth-order valence-electron chi connectivity index (χ4n) is 1.77. The monoisotopic (exact) mass is 290 g/mol. The number of hydrogen-bond donors (Lipinski definition) is 1. The highest BCUT2D eigenvalue weighted by Gasteiger charge is 2.21. The topological polar surface area (TPSA) is 68.3 Å². The highest BCUT2D eigenvalue weighted by atomic mass is 19.1. The second kappa shape index (κ2) is 5.20. The number of carbonyl (C=O) groups excluding carboxylic acids is 1. The zero-order valence-corrected chi connectivity index (χ0v) is 10.5. The van der Waals surface area contributed by atoms with Crippen LogP contribution in [0.25, 0.3) is 11.5 Å². The lowest BCUT2D eigenvalue weighted by Crippen LogP contribution is -2.14. The molecule has 3 aromatic rings. The first kappa shape index (κ1) is 13.0. The van der Waals surface area contributed by atoms with Crippen LogP contribution in [0.2, 0.25) is 0 Å². The van der Waals surface area contributed by atoms with E-state index in [1.54, 1.807) is 12.1 Å². The molecule has 1 amide bonds. The van der Waals surface area contributed by atoms with Crippen LogP contribution in [0.1, 0.15) is 10.5 Å². The number of carbonyl (C=O) groups is 1. The molecular weight excluding hydrogens is 282 g/mol. The van der Waals surface area contributed by atoms with Crippen molar-refractivity contribution in [3.63, 3.8) is 0 Å². The van der Waals surface area contributed by atoms with E-state index in [9.17, 15) is 13.6 Å². The highest BCUT2D eigenvalue weighted by Crippen LogP contribution is 2.24. The Kier molecular flexibility index (Phi) is 3.23. The number of aromatic nitrogens is 1. The van der Waals surface area contributed by atoms with Crippen molar-refractivity contribution in [3.05, 3.63) is 60.3 Å². The summed E-state index contributed by atoms with van der Waals surface area (Å²) in [6.45, 7) is 0. The second-order valence-corrected chi connectivity index (χ2v) is 4.09. The number of benzene rings is 1. The number of hydrogen-bond acceptors (Lipinski definition) is 4. The molecule has 0 aliphatic rings. The van der Waals surface area contributed by atoms with Crippen molar-refractivity contribution in [1.29, 1.82) is 0 Å². The first-order valence-electron chi connectivity index (χ1n) is 5.89. The molecule has 7 heteroatoms. The SMILES string of the molecule is O=C(Nc1cc(F)ccc1F)c1ncoc1-c1ccco1. The van der Waals surface area contributed by atoms with Gasteiger partial charge in [0, 0.05) is 6.07 Å². The molecule has 2 heterocycles. The van der Waals surface area contributed by atoms with Crippen molar-refractivity contribution in [2.45, 2.75) is 0 Å². The summed E-state index contributed by atoms with van der Waals surface area (Å²) in [4.78, 5) is 15.9. The van der Waals surface area contributed by atoms with Crippen molar-refractivity contribution in [2.24, 2.45) is 0 Å². The lowest BCUT2D eigenvalue weighted by Gasteiger charge is -2.05. The predicted octanol–water partition coefficient (Wildman–Crippen LogP) is 3.47. The minimum atomic E-state index is -0.757.